The van der Waals surface area contributed by atoms with E-state index in [1.807, 2.05) is 6.92 Å². The Morgan fingerprint density at radius 3 is 2.72 bits per heavy atom. The van der Waals surface area contributed by atoms with Crippen LogP contribution in [0.25, 0.3) is 0 Å². The minimum atomic E-state index is -0.337. The lowest BCUT2D eigenvalue weighted by Crippen LogP contribution is -2.33. The molecule has 7 heteroatoms. The Labute approximate surface area is 151 Å². The average molecular weight is 363 g/mol. The van der Waals surface area contributed by atoms with E-state index in [4.69, 9.17) is 11.6 Å². The number of rotatable bonds is 5. The first-order chi connectivity index (χ1) is 12.0. The molecule has 0 spiro atoms. The van der Waals surface area contributed by atoms with Crippen molar-refractivity contribution in [1.29, 1.82) is 0 Å². The van der Waals surface area contributed by atoms with Crippen LogP contribution in [0.2, 0.25) is 5.15 Å². The van der Waals surface area contributed by atoms with Gasteiger partial charge in [-0.3, -0.25) is 4.79 Å². The molecule has 0 bridgehead atoms. The summed E-state index contributed by atoms with van der Waals surface area (Å²) in [5, 5.41) is 3.65. The number of hydrogen-bond donors (Lipinski definition) is 1. The number of carbonyl (C=O) groups is 1. The van der Waals surface area contributed by atoms with Crippen molar-refractivity contribution in [3.8, 4) is 0 Å². The van der Waals surface area contributed by atoms with Gasteiger partial charge in [0, 0.05) is 18.7 Å². The van der Waals surface area contributed by atoms with Crippen molar-refractivity contribution in [1.82, 2.24) is 14.9 Å². The van der Waals surface area contributed by atoms with Crippen LogP contribution in [0.5, 0.6) is 0 Å². The first kappa shape index (κ1) is 17.6. The highest BCUT2D eigenvalue weighted by molar-refractivity contribution is 6.30. The van der Waals surface area contributed by atoms with Crippen LogP contribution < -0.4 is 5.32 Å². The van der Waals surface area contributed by atoms with Gasteiger partial charge in [0.15, 0.2) is 0 Å². The van der Waals surface area contributed by atoms with Crippen molar-refractivity contribution in [2.24, 2.45) is 0 Å². The summed E-state index contributed by atoms with van der Waals surface area (Å²) in [6.45, 7) is 4.87. The van der Waals surface area contributed by atoms with Gasteiger partial charge in [-0.05, 0) is 37.5 Å². The molecule has 0 radical (unpaired) electrons. The van der Waals surface area contributed by atoms with Crippen molar-refractivity contribution < 1.29 is 9.18 Å². The zero-order chi connectivity index (χ0) is 18.0. The highest BCUT2D eigenvalue weighted by Crippen LogP contribution is 2.25. The topological polar surface area (TPSA) is 58.1 Å². The molecule has 1 fully saturated rings. The lowest BCUT2D eigenvalue weighted by Gasteiger charge is -2.19. The van der Waals surface area contributed by atoms with Crippen molar-refractivity contribution in [2.45, 2.75) is 39.3 Å². The van der Waals surface area contributed by atoms with Crippen LogP contribution in [0.1, 0.15) is 30.3 Å². The van der Waals surface area contributed by atoms with Gasteiger partial charge >= 0.3 is 0 Å². The Morgan fingerprint density at radius 1 is 1.32 bits per heavy atom. The minimum absolute atomic E-state index is 0.0127. The summed E-state index contributed by atoms with van der Waals surface area (Å²) in [7, 11) is 0. The number of nitrogens with one attached hydrogen (secondary N) is 1. The highest BCUT2D eigenvalue weighted by Gasteiger charge is 2.32. The predicted octanol–water partition coefficient (Wildman–Crippen LogP) is 3.35. The van der Waals surface area contributed by atoms with Gasteiger partial charge in [-0.15, -0.1) is 0 Å². The van der Waals surface area contributed by atoms with Crippen LogP contribution in [0.4, 0.5) is 10.2 Å². The Kier molecular flexibility index (Phi) is 5.18. The van der Waals surface area contributed by atoms with Crippen LogP contribution >= 0.6 is 11.6 Å². The minimum Gasteiger partial charge on any atom is -0.358 e. The van der Waals surface area contributed by atoms with Crippen molar-refractivity contribution in [3.63, 3.8) is 0 Å². The Bertz CT molecular complexity index is 781. The van der Waals surface area contributed by atoms with Crippen LogP contribution in [0.15, 0.2) is 24.3 Å². The number of amides is 1. The fourth-order valence-electron chi connectivity index (χ4n) is 3.00. The molecule has 25 heavy (non-hydrogen) atoms. The number of aromatic nitrogens is 2. The molecule has 1 N–H and O–H groups in total. The summed E-state index contributed by atoms with van der Waals surface area (Å²) >= 11 is 6.19. The average Bonchev–Trinajstić information content (AvgIpc) is 2.90. The summed E-state index contributed by atoms with van der Waals surface area (Å²) in [6, 6.07) is 5.88. The summed E-state index contributed by atoms with van der Waals surface area (Å²) < 4.78 is 13.0. The van der Waals surface area contributed by atoms with Crippen LogP contribution in [-0.4, -0.2) is 33.4 Å². The second-order valence-corrected chi connectivity index (χ2v) is 6.47. The maximum Gasteiger partial charge on any atom is 0.245 e. The second-order valence-electron chi connectivity index (χ2n) is 6.11. The lowest BCUT2D eigenvalue weighted by atomic mass is 10.2. The number of halogens is 2. The van der Waals surface area contributed by atoms with E-state index in [1.54, 1.807) is 24.0 Å². The number of hydrogen-bond acceptors (Lipinski definition) is 4. The van der Waals surface area contributed by atoms with E-state index in [2.05, 4.69) is 15.3 Å². The van der Waals surface area contributed by atoms with E-state index in [9.17, 15) is 9.18 Å². The molecule has 1 unspecified atom stereocenters. The van der Waals surface area contributed by atoms with Gasteiger partial charge in [0.05, 0.1) is 0 Å². The molecular formula is C18H20ClFN4O. The lowest BCUT2D eigenvalue weighted by molar-refractivity contribution is -0.128. The molecule has 1 aromatic heterocycles. The third kappa shape index (κ3) is 3.90. The number of anilines is 1. The third-order valence-corrected chi connectivity index (χ3v) is 4.63. The maximum absolute atomic E-state index is 13.0. The number of likely N-dealkylation sites (tertiary alicyclic amines) is 1. The standard InChI is InChI=1S/C18H20ClFN4O/c1-3-14-16(19)21-11(2)22-17(14)23-15-8-9-24(18(15)25)10-12-4-6-13(20)7-5-12/h4-7,15H,3,8-10H2,1-2H3,(H,21,22,23). The van der Waals surface area contributed by atoms with Crippen LogP contribution in [0, 0.1) is 12.7 Å². The molecule has 0 aliphatic carbocycles. The molecule has 1 aliphatic rings. The molecule has 2 heterocycles. The number of benzene rings is 1. The molecule has 2 aromatic rings. The summed E-state index contributed by atoms with van der Waals surface area (Å²) in [4.78, 5) is 23.0. The van der Waals surface area contributed by atoms with Gasteiger partial charge in [0.1, 0.15) is 28.7 Å². The maximum atomic E-state index is 13.0. The van der Waals surface area contributed by atoms with Crippen LogP contribution in [0.3, 0.4) is 0 Å². The summed E-state index contributed by atoms with van der Waals surface area (Å²) in [5.74, 6) is 0.929. The fraction of sp³-hybridized carbons (Fsp3) is 0.389. The third-order valence-electron chi connectivity index (χ3n) is 4.32. The number of aryl methyl sites for hydroxylation is 1. The zero-order valence-corrected chi connectivity index (χ0v) is 15.0. The van der Waals surface area contributed by atoms with E-state index in [0.717, 1.165) is 11.1 Å². The monoisotopic (exact) mass is 362 g/mol. The van der Waals surface area contributed by atoms with Gasteiger partial charge in [0.2, 0.25) is 5.91 Å². The van der Waals surface area contributed by atoms with Gasteiger partial charge in [0.25, 0.3) is 0 Å². The van der Waals surface area contributed by atoms with Gasteiger partial charge in [-0.1, -0.05) is 30.7 Å². The van der Waals surface area contributed by atoms with E-state index < -0.39 is 0 Å². The van der Waals surface area contributed by atoms with Crippen molar-refractivity contribution in [3.05, 3.63) is 52.2 Å². The number of nitrogens with zero attached hydrogens (tertiary/aromatic N) is 3. The second kappa shape index (κ2) is 7.35. The van der Waals surface area contributed by atoms with Gasteiger partial charge < -0.3 is 10.2 Å². The van der Waals surface area contributed by atoms with Gasteiger partial charge in [-0.25, -0.2) is 14.4 Å². The largest absolute Gasteiger partial charge is 0.358 e. The zero-order valence-electron chi connectivity index (χ0n) is 14.2. The normalized spacial score (nSPS) is 17.2. The fourth-order valence-corrected chi connectivity index (χ4v) is 3.34. The van der Waals surface area contributed by atoms with Crippen molar-refractivity contribution >= 4 is 23.3 Å². The Morgan fingerprint density at radius 2 is 2.04 bits per heavy atom. The molecule has 132 valence electrons. The molecule has 1 aliphatic heterocycles. The summed E-state index contributed by atoms with van der Waals surface area (Å²) in [6.07, 6.45) is 1.37. The van der Waals surface area contributed by atoms with Crippen LogP contribution in [-0.2, 0) is 17.8 Å². The first-order valence-electron chi connectivity index (χ1n) is 8.30. The highest BCUT2D eigenvalue weighted by atomic mass is 35.5. The van der Waals surface area contributed by atoms with E-state index in [0.29, 0.717) is 42.7 Å². The number of carbonyl (C=O) groups excluding carboxylic acids is 1. The molecule has 1 amide bonds. The molecule has 3 rings (SSSR count). The van der Waals surface area contributed by atoms with E-state index >= 15 is 0 Å². The van der Waals surface area contributed by atoms with E-state index in [1.165, 1.54) is 12.1 Å². The molecule has 0 saturated carbocycles. The first-order valence-corrected chi connectivity index (χ1v) is 8.68. The molecule has 5 nitrogen and oxygen atoms in total. The van der Waals surface area contributed by atoms with E-state index in [-0.39, 0.29) is 17.8 Å². The Balaban J connectivity index is 1.71. The van der Waals surface area contributed by atoms with Crippen molar-refractivity contribution in [2.75, 3.05) is 11.9 Å². The quantitative estimate of drug-likeness (QED) is 0.829. The molecule has 1 atom stereocenters. The smallest absolute Gasteiger partial charge is 0.245 e. The van der Waals surface area contributed by atoms with Gasteiger partial charge in [-0.2, -0.15) is 0 Å². The Hall–Kier alpha value is -2.21. The predicted molar refractivity (Wildman–Crippen MR) is 95.0 cm³/mol. The molecular weight excluding hydrogens is 343 g/mol. The summed E-state index contributed by atoms with van der Waals surface area (Å²) in [5.41, 5.74) is 1.72. The molecule has 1 saturated heterocycles. The SMILES string of the molecule is CCc1c(Cl)nc(C)nc1NC1CCN(Cc2ccc(F)cc2)C1=O. The molecule has 1 aromatic carbocycles.